The Morgan fingerprint density at radius 1 is 1.21 bits per heavy atom. The number of hydrogen-bond donors (Lipinski definition) is 1. The molecule has 3 heteroatoms. The van der Waals surface area contributed by atoms with Gasteiger partial charge in [-0.25, -0.2) is 4.98 Å². The van der Waals surface area contributed by atoms with E-state index in [9.17, 15) is 0 Å². The van der Waals surface area contributed by atoms with Crippen LogP contribution in [-0.2, 0) is 6.54 Å². The molecule has 0 radical (unpaired) electrons. The van der Waals surface area contributed by atoms with Crippen LogP contribution in [0, 0.1) is 5.92 Å². The molecule has 0 bridgehead atoms. The maximum absolute atomic E-state index is 4.57. The van der Waals surface area contributed by atoms with Crippen molar-refractivity contribution in [2.75, 3.05) is 11.9 Å². The molecule has 0 spiro atoms. The number of nitrogens with zero attached hydrogens (tertiary/aromatic N) is 2. The van der Waals surface area contributed by atoms with Crippen LogP contribution in [0.15, 0.2) is 18.3 Å². The second-order valence-corrected chi connectivity index (χ2v) is 6.72. The maximum atomic E-state index is 4.57. The first kappa shape index (κ1) is 16.0. The smallest absolute Gasteiger partial charge is 0.128 e. The van der Waals surface area contributed by atoms with E-state index in [1.807, 2.05) is 6.20 Å². The zero-order valence-corrected chi connectivity index (χ0v) is 13.5. The highest BCUT2D eigenvalue weighted by Crippen LogP contribution is 2.17. The van der Waals surface area contributed by atoms with Crippen molar-refractivity contribution >= 4 is 5.82 Å². The third kappa shape index (κ3) is 5.19. The molecule has 3 nitrogen and oxygen atoms in total. The van der Waals surface area contributed by atoms with Crippen molar-refractivity contribution in [3.63, 3.8) is 0 Å². The van der Waals surface area contributed by atoms with Crippen molar-refractivity contribution in [1.29, 1.82) is 0 Å². The predicted molar refractivity (Wildman–Crippen MR) is 83.5 cm³/mol. The average molecular weight is 263 g/mol. The summed E-state index contributed by atoms with van der Waals surface area (Å²) in [5.74, 6) is 1.66. The summed E-state index contributed by atoms with van der Waals surface area (Å²) in [6, 6.07) is 4.76. The lowest BCUT2D eigenvalue weighted by molar-refractivity contribution is 0.424. The number of pyridine rings is 1. The van der Waals surface area contributed by atoms with Gasteiger partial charge in [0.1, 0.15) is 5.82 Å². The summed E-state index contributed by atoms with van der Waals surface area (Å²) >= 11 is 0. The molecule has 0 aliphatic rings. The molecule has 1 N–H and O–H groups in total. The van der Waals surface area contributed by atoms with Gasteiger partial charge in [0.05, 0.1) is 0 Å². The molecule has 1 aromatic rings. The van der Waals surface area contributed by atoms with E-state index in [1.54, 1.807) is 0 Å². The Labute approximate surface area is 118 Å². The molecule has 1 atom stereocenters. The van der Waals surface area contributed by atoms with Crippen LogP contribution in [0.25, 0.3) is 0 Å². The van der Waals surface area contributed by atoms with Crippen molar-refractivity contribution in [3.8, 4) is 0 Å². The van der Waals surface area contributed by atoms with Gasteiger partial charge in [-0.15, -0.1) is 0 Å². The highest BCUT2D eigenvalue weighted by atomic mass is 15.2. The molecule has 0 saturated carbocycles. The lowest BCUT2D eigenvalue weighted by Crippen LogP contribution is -2.35. The van der Waals surface area contributed by atoms with E-state index < -0.39 is 0 Å². The number of hydrogen-bond acceptors (Lipinski definition) is 3. The Morgan fingerprint density at radius 3 is 2.26 bits per heavy atom. The summed E-state index contributed by atoms with van der Waals surface area (Å²) < 4.78 is 0. The van der Waals surface area contributed by atoms with Gasteiger partial charge < -0.3 is 10.2 Å². The van der Waals surface area contributed by atoms with Gasteiger partial charge in [-0.2, -0.15) is 0 Å². The third-order valence-corrected chi connectivity index (χ3v) is 3.57. The minimum absolute atomic E-state index is 0.140. The molecule has 1 unspecified atom stereocenters. The summed E-state index contributed by atoms with van der Waals surface area (Å²) in [4.78, 5) is 6.81. The Bertz CT molecular complexity index is 376. The quantitative estimate of drug-likeness (QED) is 0.882. The molecule has 19 heavy (non-hydrogen) atoms. The van der Waals surface area contributed by atoms with Crippen LogP contribution in [-0.4, -0.2) is 23.6 Å². The molecule has 1 aromatic heterocycles. The third-order valence-electron chi connectivity index (χ3n) is 3.57. The zero-order valence-electron chi connectivity index (χ0n) is 13.5. The molecule has 1 heterocycles. The van der Waals surface area contributed by atoms with Gasteiger partial charge in [-0.05, 0) is 45.2 Å². The average Bonchev–Trinajstić information content (AvgIpc) is 2.34. The van der Waals surface area contributed by atoms with Crippen LogP contribution < -0.4 is 10.2 Å². The van der Waals surface area contributed by atoms with Crippen molar-refractivity contribution in [2.45, 2.75) is 59.7 Å². The second-order valence-electron chi connectivity index (χ2n) is 6.72. The molecule has 1 rings (SSSR count). The van der Waals surface area contributed by atoms with Crippen LogP contribution in [0.1, 0.15) is 47.1 Å². The Hall–Kier alpha value is -1.09. The SMILES string of the molecule is CC(C)C(C)N(C)c1ccc(CNC(C)(C)C)cn1. The summed E-state index contributed by atoms with van der Waals surface area (Å²) in [7, 11) is 2.11. The molecule has 0 saturated heterocycles. The first-order valence-electron chi connectivity index (χ1n) is 7.13. The molecule has 0 fully saturated rings. The summed E-state index contributed by atoms with van der Waals surface area (Å²) in [6.45, 7) is 14.1. The topological polar surface area (TPSA) is 28.2 Å². The summed E-state index contributed by atoms with van der Waals surface area (Å²) in [5.41, 5.74) is 1.37. The highest BCUT2D eigenvalue weighted by molar-refractivity contribution is 5.39. The minimum atomic E-state index is 0.140. The van der Waals surface area contributed by atoms with Gasteiger partial charge in [-0.3, -0.25) is 0 Å². The Morgan fingerprint density at radius 2 is 1.84 bits per heavy atom. The van der Waals surface area contributed by atoms with E-state index in [2.05, 4.69) is 75.9 Å². The Kier molecular flexibility index (Phi) is 5.36. The molecular weight excluding hydrogens is 234 g/mol. The number of nitrogens with one attached hydrogen (secondary N) is 1. The van der Waals surface area contributed by atoms with Gasteiger partial charge in [0.15, 0.2) is 0 Å². The first-order chi connectivity index (χ1) is 8.70. The number of aromatic nitrogens is 1. The first-order valence-corrected chi connectivity index (χ1v) is 7.13. The normalized spacial score (nSPS) is 13.7. The Balaban J connectivity index is 2.66. The van der Waals surface area contributed by atoms with E-state index in [0.717, 1.165) is 12.4 Å². The fourth-order valence-corrected chi connectivity index (χ4v) is 1.75. The van der Waals surface area contributed by atoms with Crippen molar-refractivity contribution < 1.29 is 0 Å². The van der Waals surface area contributed by atoms with Crippen LogP contribution in [0.2, 0.25) is 0 Å². The molecule has 0 aliphatic heterocycles. The van der Waals surface area contributed by atoms with E-state index in [-0.39, 0.29) is 5.54 Å². The number of rotatable bonds is 5. The van der Waals surface area contributed by atoms with Gasteiger partial charge in [0.2, 0.25) is 0 Å². The van der Waals surface area contributed by atoms with Gasteiger partial charge in [0.25, 0.3) is 0 Å². The lowest BCUT2D eigenvalue weighted by atomic mass is 10.1. The van der Waals surface area contributed by atoms with Gasteiger partial charge in [-0.1, -0.05) is 19.9 Å². The van der Waals surface area contributed by atoms with E-state index >= 15 is 0 Å². The monoisotopic (exact) mass is 263 g/mol. The second kappa shape index (κ2) is 6.38. The minimum Gasteiger partial charge on any atom is -0.357 e. The standard InChI is InChI=1S/C16H29N3/c1-12(2)13(3)19(7)15-9-8-14(10-17-15)11-18-16(4,5)6/h8-10,12-13,18H,11H2,1-7H3. The summed E-state index contributed by atoms with van der Waals surface area (Å²) in [5, 5.41) is 3.47. The predicted octanol–water partition coefficient (Wildman–Crippen LogP) is 3.45. The fraction of sp³-hybridized carbons (Fsp3) is 0.688. The molecule has 0 aromatic carbocycles. The van der Waals surface area contributed by atoms with Gasteiger partial charge >= 0.3 is 0 Å². The van der Waals surface area contributed by atoms with Crippen molar-refractivity contribution in [2.24, 2.45) is 5.92 Å². The number of anilines is 1. The van der Waals surface area contributed by atoms with Crippen LogP contribution >= 0.6 is 0 Å². The largest absolute Gasteiger partial charge is 0.357 e. The molecule has 0 amide bonds. The summed E-state index contributed by atoms with van der Waals surface area (Å²) in [6.07, 6.45) is 1.97. The maximum Gasteiger partial charge on any atom is 0.128 e. The van der Waals surface area contributed by atoms with Crippen molar-refractivity contribution in [1.82, 2.24) is 10.3 Å². The van der Waals surface area contributed by atoms with E-state index in [1.165, 1.54) is 5.56 Å². The lowest BCUT2D eigenvalue weighted by Gasteiger charge is -2.29. The zero-order chi connectivity index (χ0) is 14.6. The van der Waals surface area contributed by atoms with Crippen molar-refractivity contribution in [3.05, 3.63) is 23.9 Å². The van der Waals surface area contributed by atoms with Crippen LogP contribution in [0.5, 0.6) is 0 Å². The van der Waals surface area contributed by atoms with E-state index in [4.69, 9.17) is 0 Å². The molecular formula is C16H29N3. The van der Waals surface area contributed by atoms with Gasteiger partial charge in [0, 0.05) is 31.4 Å². The van der Waals surface area contributed by atoms with Crippen LogP contribution in [0.4, 0.5) is 5.82 Å². The molecule has 0 aliphatic carbocycles. The van der Waals surface area contributed by atoms with Crippen LogP contribution in [0.3, 0.4) is 0 Å². The fourth-order valence-electron chi connectivity index (χ4n) is 1.75. The molecule has 108 valence electrons. The van der Waals surface area contributed by atoms with E-state index in [0.29, 0.717) is 12.0 Å². The highest BCUT2D eigenvalue weighted by Gasteiger charge is 2.14.